The zero-order valence-electron chi connectivity index (χ0n) is 11.9. The molecular weight excluding hydrogens is 256 g/mol. The molecule has 0 aliphatic carbocycles. The molecule has 1 aliphatic rings. The summed E-state index contributed by atoms with van der Waals surface area (Å²) in [6, 6.07) is 5.69. The van der Waals surface area contributed by atoms with Crippen molar-refractivity contribution in [3.05, 3.63) is 23.8 Å². The molecule has 1 aromatic carbocycles. The molecule has 0 bridgehead atoms. The van der Waals surface area contributed by atoms with Crippen LogP contribution in [-0.2, 0) is 11.2 Å². The number of methoxy groups -OCH3 is 1. The Kier molecular flexibility index (Phi) is 5.24. The lowest BCUT2D eigenvalue weighted by atomic mass is 9.96. The van der Waals surface area contributed by atoms with E-state index in [1.54, 1.807) is 7.11 Å². The Hall–Kier alpha value is -1.75. The van der Waals surface area contributed by atoms with Crippen LogP contribution < -0.4 is 20.5 Å². The summed E-state index contributed by atoms with van der Waals surface area (Å²) in [4.78, 5) is 12.1. The van der Waals surface area contributed by atoms with E-state index in [1.165, 1.54) is 0 Å². The lowest BCUT2D eigenvalue weighted by Gasteiger charge is -2.25. The van der Waals surface area contributed by atoms with Crippen LogP contribution in [0.3, 0.4) is 0 Å². The highest BCUT2D eigenvalue weighted by Gasteiger charge is 2.25. The molecule has 110 valence electrons. The first-order valence-electron chi connectivity index (χ1n) is 7.02. The Morgan fingerprint density at radius 3 is 3.10 bits per heavy atom. The number of hydrogen-bond acceptors (Lipinski definition) is 4. The second kappa shape index (κ2) is 7.14. The predicted molar refractivity (Wildman–Crippen MR) is 77.0 cm³/mol. The van der Waals surface area contributed by atoms with E-state index in [0.717, 1.165) is 29.9 Å². The van der Waals surface area contributed by atoms with Gasteiger partial charge in [-0.05, 0) is 49.6 Å². The molecule has 1 unspecified atom stereocenters. The van der Waals surface area contributed by atoms with E-state index in [4.69, 9.17) is 15.2 Å². The van der Waals surface area contributed by atoms with Crippen molar-refractivity contribution in [2.24, 2.45) is 11.7 Å². The molecule has 0 fully saturated rings. The van der Waals surface area contributed by atoms with E-state index in [1.807, 2.05) is 18.2 Å². The van der Waals surface area contributed by atoms with Gasteiger partial charge in [-0.1, -0.05) is 0 Å². The highest BCUT2D eigenvalue weighted by Crippen LogP contribution is 2.30. The molecule has 3 N–H and O–H groups in total. The van der Waals surface area contributed by atoms with Crippen LogP contribution in [0.5, 0.6) is 11.5 Å². The van der Waals surface area contributed by atoms with Crippen LogP contribution in [0.2, 0.25) is 0 Å². The van der Waals surface area contributed by atoms with Gasteiger partial charge in [0.15, 0.2) is 0 Å². The fourth-order valence-electron chi connectivity index (χ4n) is 2.29. The van der Waals surface area contributed by atoms with Gasteiger partial charge in [-0.3, -0.25) is 4.79 Å². The average Bonchev–Trinajstić information content (AvgIpc) is 2.50. The molecule has 0 spiro atoms. The van der Waals surface area contributed by atoms with Gasteiger partial charge in [-0.15, -0.1) is 0 Å². The zero-order chi connectivity index (χ0) is 14.4. The van der Waals surface area contributed by atoms with Gasteiger partial charge >= 0.3 is 0 Å². The zero-order valence-corrected chi connectivity index (χ0v) is 11.9. The van der Waals surface area contributed by atoms with E-state index >= 15 is 0 Å². The van der Waals surface area contributed by atoms with Crippen LogP contribution in [0.1, 0.15) is 18.4 Å². The monoisotopic (exact) mass is 278 g/mol. The van der Waals surface area contributed by atoms with Gasteiger partial charge in [0.2, 0.25) is 5.91 Å². The normalized spacial score (nSPS) is 17.0. The van der Waals surface area contributed by atoms with Crippen molar-refractivity contribution < 1.29 is 14.3 Å². The Balaban J connectivity index is 1.91. The first-order valence-corrected chi connectivity index (χ1v) is 7.02. The molecule has 1 heterocycles. The minimum absolute atomic E-state index is 0.0514. The lowest BCUT2D eigenvalue weighted by Crippen LogP contribution is -2.37. The second-order valence-electron chi connectivity index (χ2n) is 4.97. The number of carbonyl (C=O) groups excluding carboxylic acids is 1. The summed E-state index contributed by atoms with van der Waals surface area (Å²) in [5, 5.41) is 2.94. The minimum atomic E-state index is -0.132. The molecule has 0 saturated heterocycles. The van der Waals surface area contributed by atoms with Crippen LogP contribution in [0, 0.1) is 5.92 Å². The van der Waals surface area contributed by atoms with Crippen LogP contribution in [-0.4, -0.2) is 32.7 Å². The Morgan fingerprint density at radius 2 is 2.35 bits per heavy atom. The first kappa shape index (κ1) is 14.7. The second-order valence-corrected chi connectivity index (χ2v) is 4.97. The highest BCUT2D eigenvalue weighted by molar-refractivity contribution is 5.79. The summed E-state index contributed by atoms with van der Waals surface area (Å²) in [6.45, 7) is 1.77. The molecule has 20 heavy (non-hydrogen) atoms. The fourth-order valence-corrected chi connectivity index (χ4v) is 2.29. The fraction of sp³-hybridized carbons (Fsp3) is 0.533. The van der Waals surface area contributed by atoms with E-state index in [9.17, 15) is 4.79 Å². The van der Waals surface area contributed by atoms with E-state index < -0.39 is 0 Å². The van der Waals surface area contributed by atoms with Crippen molar-refractivity contribution in [3.63, 3.8) is 0 Å². The first-order chi connectivity index (χ1) is 9.74. The van der Waals surface area contributed by atoms with Crippen LogP contribution in [0.4, 0.5) is 0 Å². The van der Waals surface area contributed by atoms with Crippen molar-refractivity contribution in [3.8, 4) is 11.5 Å². The van der Waals surface area contributed by atoms with Gasteiger partial charge in [0.05, 0.1) is 13.0 Å². The summed E-state index contributed by atoms with van der Waals surface area (Å²) in [5.74, 6) is 1.55. The van der Waals surface area contributed by atoms with Crippen LogP contribution in [0.15, 0.2) is 18.2 Å². The summed E-state index contributed by atoms with van der Waals surface area (Å²) in [6.07, 6.45) is 2.54. The largest absolute Gasteiger partial charge is 0.497 e. The van der Waals surface area contributed by atoms with Gasteiger partial charge < -0.3 is 20.5 Å². The molecule has 0 saturated carbocycles. The number of benzene rings is 1. The van der Waals surface area contributed by atoms with Gasteiger partial charge in [-0.2, -0.15) is 0 Å². The van der Waals surface area contributed by atoms with Gasteiger partial charge in [-0.25, -0.2) is 0 Å². The topological polar surface area (TPSA) is 73.6 Å². The smallest absolute Gasteiger partial charge is 0.226 e. The molecule has 1 aliphatic heterocycles. The van der Waals surface area contributed by atoms with Gasteiger partial charge in [0, 0.05) is 6.54 Å². The van der Waals surface area contributed by atoms with Crippen molar-refractivity contribution >= 4 is 5.91 Å². The summed E-state index contributed by atoms with van der Waals surface area (Å²) >= 11 is 0. The number of ether oxygens (including phenoxy) is 2. The number of nitrogens with one attached hydrogen (secondary N) is 1. The number of hydrogen-bond donors (Lipinski definition) is 2. The number of unbranched alkanes of at least 4 members (excludes halogenated alkanes) is 1. The van der Waals surface area contributed by atoms with Crippen molar-refractivity contribution in [2.45, 2.75) is 19.3 Å². The lowest BCUT2D eigenvalue weighted by molar-refractivity contribution is -0.126. The van der Waals surface area contributed by atoms with Crippen molar-refractivity contribution in [2.75, 3.05) is 26.8 Å². The molecule has 5 nitrogen and oxygen atoms in total. The van der Waals surface area contributed by atoms with Crippen LogP contribution >= 0.6 is 0 Å². The van der Waals surface area contributed by atoms with Crippen LogP contribution in [0.25, 0.3) is 0 Å². The summed E-state index contributed by atoms with van der Waals surface area (Å²) in [5.41, 5.74) is 6.45. The SMILES string of the molecule is COc1ccc2c(c1)CC(C(=O)NCCCCN)CO2. The predicted octanol–water partition coefficient (Wildman–Crippen LogP) is 1.10. The Bertz CT molecular complexity index is 462. The van der Waals surface area contributed by atoms with Crippen molar-refractivity contribution in [1.29, 1.82) is 0 Å². The van der Waals surface area contributed by atoms with E-state index in [2.05, 4.69) is 5.32 Å². The number of amides is 1. The van der Waals surface area contributed by atoms with Gasteiger partial charge in [0.25, 0.3) is 0 Å². The molecule has 0 aromatic heterocycles. The molecule has 1 amide bonds. The van der Waals surface area contributed by atoms with Crippen molar-refractivity contribution in [1.82, 2.24) is 5.32 Å². The quantitative estimate of drug-likeness (QED) is 0.764. The number of nitrogens with two attached hydrogens (primary N) is 1. The maximum Gasteiger partial charge on any atom is 0.226 e. The standard InChI is InChI=1S/C15H22N2O3/c1-19-13-4-5-14-11(9-13)8-12(10-20-14)15(18)17-7-3-2-6-16/h4-5,9,12H,2-3,6-8,10,16H2,1H3,(H,17,18). The maximum absolute atomic E-state index is 12.1. The summed E-state index contributed by atoms with van der Waals surface area (Å²) in [7, 11) is 1.63. The van der Waals surface area contributed by atoms with Gasteiger partial charge in [0.1, 0.15) is 18.1 Å². The molecule has 1 atom stereocenters. The molecular formula is C15H22N2O3. The molecule has 5 heteroatoms. The number of rotatable bonds is 6. The summed E-state index contributed by atoms with van der Waals surface area (Å²) < 4.78 is 10.8. The molecule has 1 aromatic rings. The van der Waals surface area contributed by atoms with E-state index in [-0.39, 0.29) is 11.8 Å². The number of carbonyl (C=O) groups is 1. The maximum atomic E-state index is 12.1. The van der Waals surface area contributed by atoms with E-state index in [0.29, 0.717) is 26.1 Å². The Labute approximate surface area is 119 Å². The Morgan fingerprint density at radius 1 is 1.50 bits per heavy atom. The third kappa shape index (κ3) is 3.63. The average molecular weight is 278 g/mol. The highest BCUT2D eigenvalue weighted by atomic mass is 16.5. The molecule has 2 rings (SSSR count). The minimum Gasteiger partial charge on any atom is -0.497 e. The third-order valence-corrected chi connectivity index (χ3v) is 3.47. The molecule has 0 radical (unpaired) electrons. The number of fused-ring (bicyclic) bond motifs is 1. The third-order valence-electron chi connectivity index (χ3n) is 3.47.